The van der Waals surface area contributed by atoms with Gasteiger partial charge in [-0.05, 0) is 36.4 Å². The number of oxime groups is 1. The van der Waals surface area contributed by atoms with Crippen LogP contribution in [-0.2, 0) is 4.84 Å². The largest absolute Gasteiger partial charge is 0.464 e. The zero-order valence-electron chi connectivity index (χ0n) is 11.5. The van der Waals surface area contributed by atoms with Crippen LogP contribution >= 0.6 is 0 Å². The number of nitrogens with one attached hydrogen (secondary N) is 1. The molecule has 0 fully saturated rings. The molecule has 110 valence electrons. The minimum Gasteiger partial charge on any atom is -0.464 e. The molecular formula is C16H13N3O3. The van der Waals surface area contributed by atoms with Crippen LogP contribution < -0.4 is 11.1 Å². The Bertz CT molecular complexity index is 825. The van der Waals surface area contributed by atoms with Crippen LogP contribution in [0, 0.1) is 0 Å². The van der Waals surface area contributed by atoms with E-state index in [4.69, 9.17) is 15.0 Å². The Morgan fingerprint density at radius 2 is 1.95 bits per heavy atom. The lowest BCUT2D eigenvalue weighted by Gasteiger charge is -2.03. The van der Waals surface area contributed by atoms with Crippen molar-refractivity contribution in [3.05, 3.63) is 66.4 Å². The molecule has 1 amide bonds. The van der Waals surface area contributed by atoms with Gasteiger partial charge in [0.25, 0.3) is 0 Å². The number of carbonyl (C=O) groups is 1. The highest BCUT2D eigenvalue weighted by atomic mass is 16.7. The van der Waals surface area contributed by atoms with Gasteiger partial charge in [0.15, 0.2) is 5.84 Å². The van der Waals surface area contributed by atoms with E-state index in [2.05, 4.69) is 10.5 Å². The first-order valence-corrected chi connectivity index (χ1v) is 6.56. The Labute approximate surface area is 126 Å². The van der Waals surface area contributed by atoms with Crippen molar-refractivity contribution in [3.8, 4) is 0 Å². The highest BCUT2D eigenvalue weighted by Crippen LogP contribution is 2.16. The molecular weight excluding hydrogens is 282 g/mol. The molecule has 0 spiro atoms. The predicted octanol–water partition coefficient (Wildman–Crippen LogP) is 3.30. The summed E-state index contributed by atoms with van der Waals surface area (Å²) in [5.74, 6) is 0.103. The zero-order valence-corrected chi connectivity index (χ0v) is 11.5. The summed E-state index contributed by atoms with van der Waals surface area (Å²) in [6.07, 6.45) is 0.879. The summed E-state index contributed by atoms with van der Waals surface area (Å²) in [7, 11) is 0. The number of rotatable bonds is 3. The van der Waals surface area contributed by atoms with Gasteiger partial charge in [0.2, 0.25) is 0 Å². The Morgan fingerprint density at radius 1 is 1.14 bits per heavy atom. The lowest BCUT2D eigenvalue weighted by atomic mass is 10.1. The Kier molecular flexibility index (Phi) is 3.74. The summed E-state index contributed by atoms with van der Waals surface area (Å²) in [5.41, 5.74) is 7.81. The van der Waals surface area contributed by atoms with Gasteiger partial charge in [0.1, 0.15) is 5.58 Å². The number of anilines is 1. The van der Waals surface area contributed by atoms with Gasteiger partial charge in [0, 0.05) is 16.6 Å². The smallest absolute Gasteiger partial charge is 0.437 e. The Balaban J connectivity index is 1.67. The normalized spacial score (nSPS) is 11.4. The molecule has 22 heavy (non-hydrogen) atoms. The van der Waals surface area contributed by atoms with Crippen molar-refractivity contribution in [1.82, 2.24) is 0 Å². The molecule has 6 nitrogen and oxygen atoms in total. The maximum atomic E-state index is 11.6. The molecule has 3 rings (SSSR count). The van der Waals surface area contributed by atoms with Crippen LogP contribution in [0.25, 0.3) is 11.0 Å². The summed E-state index contributed by atoms with van der Waals surface area (Å²) in [5, 5.41) is 7.06. The molecule has 3 aromatic rings. The van der Waals surface area contributed by atoms with Gasteiger partial charge in [-0.25, -0.2) is 4.79 Å². The van der Waals surface area contributed by atoms with Gasteiger partial charge >= 0.3 is 6.09 Å². The monoisotopic (exact) mass is 295 g/mol. The first-order chi connectivity index (χ1) is 10.7. The lowest BCUT2D eigenvalue weighted by Crippen LogP contribution is -2.17. The Morgan fingerprint density at radius 3 is 2.77 bits per heavy atom. The van der Waals surface area contributed by atoms with Crippen molar-refractivity contribution in [3.63, 3.8) is 0 Å². The van der Waals surface area contributed by atoms with E-state index in [0.29, 0.717) is 11.3 Å². The van der Waals surface area contributed by atoms with Gasteiger partial charge in [-0.15, -0.1) is 0 Å². The third kappa shape index (κ3) is 3.06. The number of nitrogens with two attached hydrogens (primary N) is 1. The average Bonchev–Trinajstić information content (AvgIpc) is 3.01. The first kappa shape index (κ1) is 13.7. The quantitative estimate of drug-likeness (QED) is 0.336. The highest BCUT2D eigenvalue weighted by molar-refractivity contribution is 6.00. The predicted molar refractivity (Wildman–Crippen MR) is 83.5 cm³/mol. The van der Waals surface area contributed by atoms with Crippen LogP contribution in [0.1, 0.15) is 5.56 Å². The standard InChI is InChI=1S/C16H13N3O3/c17-15(12-6-7-14-11(10-12)8-9-21-14)19-22-16(20)18-13-4-2-1-3-5-13/h1-10H,(H2,17,19)(H,18,20). The second-order valence-electron chi connectivity index (χ2n) is 4.52. The lowest BCUT2D eigenvalue weighted by molar-refractivity contribution is 0.166. The summed E-state index contributed by atoms with van der Waals surface area (Å²) >= 11 is 0. The van der Waals surface area contributed by atoms with Crippen LogP contribution in [0.15, 0.2) is 70.4 Å². The summed E-state index contributed by atoms with van der Waals surface area (Å²) in [6.45, 7) is 0. The van der Waals surface area contributed by atoms with Crippen molar-refractivity contribution in [2.24, 2.45) is 10.9 Å². The number of carbonyl (C=O) groups excluding carboxylic acids is 1. The number of benzene rings is 2. The number of hydrogen-bond acceptors (Lipinski definition) is 4. The maximum Gasteiger partial charge on any atom is 0.437 e. The number of nitrogens with zero attached hydrogens (tertiary/aromatic N) is 1. The molecule has 0 aliphatic rings. The van der Waals surface area contributed by atoms with Crippen LogP contribution in [0.2, 0.25) is 0 Å². The number of amidine groups is 1. The number of amides is 1. The van der Waals surface area contributed by atoms with E-state index in [1.165, 1.54) is 0 Å². The Hall–Kier alpha value is -3.28. The first-order valence-electron chi connectivity index (χ1n) is 6.56. The molecule has 0 aliphatic heterocycles. The van der Waals surface area contributed by atoms with Gasteiger partial charge in [-0.1, -0.05) is 23.4 Å². The molecule has 2 aromatic carbocycles. The summed E-state index contributed by atoms with van der Waals surface area (Å²) in [6, 6.07) is 16.0. The fraction of sp³-hybridized carbons (Fsp3) is 0. The van der Waals surface area contributed by atoms with Crippen LogP contribution in [0.5, 0.6) is 0 Å². The summed E-state index contributed by atoms with van der Waals surface area (Å²) < 4.78 is 5.24. The molecule has 0 unspecified atom stereocenters. The van der Waals surface area contributed by atoms with Crippen LogP contribution in [0.4, 0.5) is 10.5 Å². The minimum absolute atomic E-state index is 0.103. The van der Waals surface area contributed by atoms with E-state index in [-0.39, 0.29) is 5.84 Å². The fourth-order valence-electron chi connectivity index (χ4n) is 1.93. The molecule has 1 heterocycles. The van der Waals surface area contributed by atoms with Crippen molar-refractivity contribution < 1.29 is 14.0 Å². The van der Waals surface area contributed by atoms with Crippen LogP contribution in [0.3, 0.4) is 0 Å². The molecule has 0 radical (unpaired) electrons. The average molecular weight is 295 g/mol. The SMILES string of the molecule is N/C(=N\OC(=O)Nc1ccccc1)c1ccc2occc2c1. The van der Waals surface area contributed by atoms with Gasteiger partial charge < -0.3 is 10.2 Å². The molecule has 0 bridgehead atoms. The maximum absolute atomic E-state index is 11.6. The van der Waals surface area contributed by atoms with E-state index < -0.39 is 6.09 Å². The zero-order chi connectivity index (χ0) is 15.4. The van der Waals surface area contributed by atoms with Crippen molar-refractivity contribution in [2.45, 2.75) is 0 Å². The highest BCUT2D eigenvalue weighted by Gasteiger charge is 2.06. The van der Waals surface area contributed by atoms with Gasteiger partial charge in [-0.2, -0.15) is 0 Å². The second kappa shape index (κ2) is 6.01. The molecule has 3 N–H and O–H groups in total. The number of furan rings is 1. The fourth-order valence-corrected chi connectivity index (χ4v) is 1.93. The van der Waals surface area contributed by atoms with Crippen molar-refractivity contribution in [2.75, 3.05) is 5.32 Å². The number of hydrogen-bond donors (Lipinski definition) is 2. The number of para-hydroxylation sites is 1. The van der Waals surface area contributed by atoms with E-state index in [1.54, 1.807) is 48.7 Å². The molecule has 0 saturated carbocycles. The van der Waals surface area contributed by atoms with Crippen molar-refractivity contribution in [1.29, 1.82) is 0 Å². The van der Waals surface area contributed by atoms with Gasteiger partial charge in [-0.3, -0.25) is 10.2 Å². The van der Waals surface area contributed by atoms with E-state index in [0.717, 1.165) is 11.0 Å². The van der Waals surface area contributed by atoms with Crippen LogP contribution in [-0.4, -0.2) is 11.9 Å². The summed E-state index contributed by atoms with van der Waals surface area (Å²) in [4.78, 5) is 16.4. The molecule has 1 aromatic heterocycles. The minimum atomic E-state index is -0.710. The third-order valence-corrected chi connectivity index (χ3v) is 3.00. The number of fused-ring (bicyclic) bond motifs is 1. The molecule has 0 atom stereocenters. The molecule has 6 heteroatoms. The molecule has 0 saturated heterocycles. The van der Waals surface area contributed by atoms with E-state index in [1.807, 2.05) is 12.1 Å². The third-order valence-electron chi connectivity index (χ3n) is 3.00. The van der Waals surface area contributed by atoms with E-state index in [9.17, 15) is 4.79 Å². The topological polar surface area (TPSA) is 89.9 Å². The van der Waals surface area contributed by atoms with Crippen molar-refractivity contribution >= 4 is 28.6 Å². The van der Waals surface area contributed by atoms with E-state index >= 15 is 0 Å². The van der Waals surface area contributed by atoms with Gasteiger partial charge in [0.05, 0.1) is 6.26 Å². The molecule has 0 aliphatic carbocycles. The second-order valence-corrected chi connectivity index (χ2v) is 4.52.